The Bertz CT molecular complexity index is 685. The molecule has 0 aliphatic carbocycles. The summed E-state index contributed by atoms with van der Waals surface area (Å²) in [6, 6.07) is 7.64. The molecule has 1 aromatic carbocycles. The largest absolute Gasteiger partial charge is 0.497 e. The highest BCUT2D eigenvalue weighted by Crippen LogP contribution is 2.39. The predicted octanol–water partition coefficient (Wildman–Crippen LogP) is 2.57. The van der Waals surface area contributed by atoms with Crippen molar-refractivity contribution in [2.45, 2.75) is 12.3 Å². The van der Waals surface area contributed by atoms with Gasteiger partial charge in [0.25, 0.3) is 0 Å². The van der Waals surface area contributed by atoms with Gasteiger partial charge in [0.05, 0.1) is 20.4 Å². The number of fused-ring (bicyclic) bond motifs is 1. The van der Waals surface area contributed by atoms with E-state index < -0.39 is 0 Å². The first-order chi connectivity index (χ1) is 10.2. The SMILES string of the molecule is COc1cncc(C2CC(=O)Nc3cc(OC)ccc32)c1. The molecule has 1 aliphatic heterocycles. The van der Waals surface area contributed by atoms with E-state index >= 15 is 0 Å². The molecule has 0 radical (unpaired) electrons. The second kappa shape index (κ2) is 5.44. The number of nitrogens with zero attached hydrogens (tertiary/aromatic N) is 1. The number of pyridine rings is 1. The first-order valence-corrected chi connectivity index (χ1v) is 6.68. The third-order valence-corrected chi connectivity index (χ3v) is 3.67. The summed E-state index contributed by atoms with van der Waals surface area (Å²) in [5, 5.41) is 2.89. The van der Waals surface area contributed by atoms with E-state index in [4.69, 9.17) is 9.47 Å². The van der Waals surface area contributed by atoms with E-state index in [-0.39, 0.29) is 11.8 Å². The van der Waals surface area contributed by atoms with Gasteiger partial charge in [-0.1, -0.05) is 6.07 Å². The third-order valence-electron chi connectivity index (χ3n) is 3.67. The molecule has 108 valence electrons. The Morgan fingerprint density at radius 3 is 2.71 bits per heavy atom. The van der Waals surface area contributed by atoms with Crippen molar-refractivity contribution in [2.24, 2.45) is 0 Å². The van der Waals surface area contributed by atoms with E-state index in [1.807, 2.05) is 24.3 Å². The van der Waals surface area contributed by atoms with Gasteiger partial charge in [0.2, 0.25) is 5.91 Å². The van der Waals surface area contributed by atoms with Crippen LogP contribution in [0.2, 0.25) is 0 Å². The van der Waals surface area contributed by atoms with Crippen molar-refractivity contribution in [1.29, 1.82) is 0 Å². The van der Waals surface area contributed by atoms with Crippen LogP contribution in [0.25, 0.3) is 0 Å². The van der Waals surface area contributed by atoms with Crippen molar-refractivity contribution in [3.05, 3.63) is 47.8 Å². The Morgan fingerprint density at radius 2 is 1.95 bits per heavy atom. The van der Waals surface area contributed by atoms with Gasteiger partial charge in [0.15, 0.2) is 0 Å². The van der Waals surface area contributed by atoms with Crippen molar-refractivity contribution in [2.75, 3.05) is 19.5 Å². The maximum Gasteiger partial charge on any atom is 0.225 e. The summed E-state index contributed by atoms with van der Waals surface area (Å²) >= 11 is 0. The molecule has 5 nitrogen and oxygen atoms in total. The zero-order chi connectivity index (χ0) is 14.8. The molecule has 2 heterocycles. The highest BCUT2D eigenvalue weighted by molar-refractivity contribution is 5.95. The molecule has 0 saturated carbocycles. The van der Waals surface area contributed by atoms with Gasteiger partial charge < -0.3 is 14.8 Å². The second-order valence-corrected chi connectivity index (χ2v) is 4.92. The second-order valence-electron chi connectivity index (χ2n) is 4.92. The van der Waals surface area contributed by atoms with Crippen LogP contribution >= 0.6 is 0 Å². The summed E-state index contributed by atoms with van der Waals surface area (Å²) < 4.78 is 10.4. The number of carbonyl (C=O) groups excluding carboxylic acids is 1. The Kier molecular flexibility index (Phi) is 3.48. The topological polar surface area (TPSA) is 60.5 Å². The monoisotopic (exact) mass is 284 g/mol. The number of benzene rings is 1. The molecule has 21 heavy (non-hydrogen) atoms. The minimum Gasteiger partial charge on any atom is -0.497 e. The summed E-state index contributed by atoms with van der Waals surface area (Å²) in [4.78, 5) is 16.1. The number of anilines is 1. The van der Waals surface area contributed by atoms with E-state index in [0.717, 1.165) is 22.6 Å². The lowest BCUT2D eigenvalue weighted by Gasteiger charge is -2.26. The first-order valence-electron chi connectivity index (χ1n) is 6.68. The van der Waals surface area contributed by atoms with Crippen molar-refractivity contribution >= 4 is 11.6 Å². The summed E-state index contributed by atoms with van der Waals surface area (Å²) in [5.74, 6) is 1.37. The minimum atomic E-state index is -0.0257. The quantitative estimate of drug-likeness (QED) is 0.941. The number of hydrogen-bond acceptors (Lipinski definition) is 4. The molecular weight excluding hydrogens is 268 g/mol. The smallest absolute Gasteiger partial charge is 0.225 e. The number of hydrogen-bond donors (Lipinski definition) is 1. The lowest BCUT2D eigenvalue weighted by atomic mass is 9.85. The molecule has 0 fully saturated rings. The van der Waals surface area contributed by atoms with Crippen molar-refractivity contribution in [3.63, 3.8) is 0 Å². The molecule has 0 spiro atoms. The molecule has 1 amide bonds. The molecule has 1 aromatic heterocycles. The average molecular weight is 284 g/mol. The fraction of sp³-hybridized carbons (Fsp3) is 0.250. The standard InChI is InChI=1S/C16H16N2O3/c1-20-11-3-4-13-14(7-16(19)18-15(13)6-11)10-5-12(21-2)9-17-8-10/h3-6,8-9,14H,7H2,1-2H3,(H,18,19). The molecule has 1 aliphatic rings. The van der Waals surface area contributed by atoms with Gasteiger partial charge in [-0.2, -0.15) is 0 Å². The Hall–Kier alpha value is -2.56. The van der Waals surface area contributed by atoms with Gasteiger partial charge in [-0.15, -0.1) is 0 Å². The van der Waals surface area contributed by atoms with Crippen molar-refractivity contribution in [3.8, 4) is 11.5 Å². The molecule has 0 saturated heterocycles. The van der Waals surface area contributed by atoms with E-state index in [0.29, 0.717) is 12.2 Å². The number of carbonyl (C=O) groups is 1. The van der Waals surface area contributed by atoms with Crippen LogP contribution in [-0.2, 0) is 4.79 Å². The molecule has 0 bridgehead atoms. The molecular formula is C16H16N2O3. The van der Waals surface area contributed by atoms with Crippen LogP contribution < -0.4 is 14.8 Å². The van der Waals surface area contributed by atoms with Gasteiger partial charge in [-0.25, -0.2) is 0 Å². The van der Waals surface area contributed by atoms with E-state index in [9.17, 15) is 4.79 Å². The molecule has 1 N–H and O–H groups in total. The Morgan fingerprint density at radius 1 is 1.14 bits per heavy atom. The number of ether oxygens (including phenoxy) is 2. The van der Waals surface area contributed by atoms with Gasteiger partial charge in [0, 0.05) is 30.3 Å². The number of rotatable bonds is 3. The first kappa shape index (κ1) is 13.4. The normalized spacial score (nSPS) is 16.9. The molecule has 3 rings (SSSR count). The summed E-state index contributed by atoms with van der Waals surface area (Å²) in [6.07, 6.45) is 3.83. The Labute approximate surface area is 122 Å². The van der Waals surface area contributed by atoms with Gasteiger partial charge in [-0.3, -0.25) is 9.78 Å². The summed E-state index contributed by atoms with van der Waals surface area (Å²) in [6.45, 7) is 0. The lowest BCUT2D eigenvalue weighted by molar-refractivity contribution is -0.116. The fourth-order valence-electron chi connectivity index (χ4n) is 2.61. The molecule has 1 atom stereocenters. The molecule has 1 unspecified atom stereocenters. The van der Waals surface area contributed by atoms with E-state index in [2.05, 4.69) is 10.3 Å². The van der Waals surface area contributed by atoms with Gasteiger partial charge in [0.1, 0.15) is 11.5 Å². The Balaban J connectivity index is 2.06. The highest BCUT2D eigenvalue weighted by Gasteiger charge is 2.27. The van der Waals surface area contributed by atoms with Gasteiger partial charge >= 0.3 is 0 Å². The van der Waals surface area contributed by atoms with Crippen LogP contribution in [0.5, 0.6) is 11.5 Å². The minimum absolute atomic E-state index is 0.0106. The van der Waals surface area contributed by atoms with Crippen LogP contribution in [0.1, 0.15) is 23.5 Å². The van der Waals surface area contributed by atoms with Crippen LogP contribution in [0, 0.1) is 0 Å². The zero-order valence-corrected chi connectivity index (χ0v) is 11.9. The van der Waals surface area contributed by atoms with Crippen molar-refractivity contribution < 1.29 is 14.3 Å². The van der Waals surface area contributed by atoms with Crippen LogP contribution in [0.4, 0.5) is 5.69 Å². The molecule has 5 heteroatoms. The number of aromatic nitrogens is 1. The number of nitrogens with one attached hydrogen (secondary N) is 1. The highest BCUT2D eigenvalue weighted by atomic mass is 16.5. The van der Waals surface area contributed by atoms with E-state index in [1.165, 1.54) is 0 Å². The van der Waals surface area contributed by atoms with Crippen LogP contribution in [-0.4, -0.2) is 25.1 Å². The zero-order valence-electron chi connectivity index (χ0n) is 11.9. The third kappa shape index (κ3) is 2.54. The van der Waals surface area contributed by atoms with Crippen molar-refractivity contribution in [1.82, 2.24) is 4.98 Å². The fourth-order valence-corrected chi connectivity index (χ4v) is 2.61. The summed E-state index contributed by atoms with van der Waals surface area (Å²) in [7, 11) is 3.21. The van der Waals surface area contributed by atoms with Gasteiger partial charge in [-0.05, 0) is 23.3 Å². The van der Waals surface area contributed by atoms with Crippen LogP contribution in [0.15, 0.2) is 36.7 Å². The maximum atomic E-state index is 12.0. The summed E-state index contributed by atoms with van der Waals surface area (Å²) in [5.41, 5.74) is 2.82. The maximum absolute atomic E-state index is 12.0. The van der Waals surface area contributed by atoms with E-state index in [1.54, 1.807) is 26.6 Å². The number of amides is 1. The molecule has 2 aromatic rings. The predicted molar refractivity (Wildman–Crippen MR) is 78.9 cm³/mol. The lowest BCUT2D eigenvalue weighted by Crippen LogP contribution is -2.23. The number of methoxy groups -OCH3 is 2. The average Bonchev–Trinajstić information content (AvgIpc) is 2.53. The van der Waals surface area contributed by atoms with Crippen LogP contribution in [0.3, 0.4) is 0 Å².